The average Bonchev–Trinajstić information content (AvgIpc) is 3.18. The van der Waals surface area contributed by atoms with E-state index in [9.17, 15) is 40.2 Å². The molecule has 56 heavy (non-hydrogen) atoms. The third-order valence-electron chi connectivity index (χ3n) is 8.43. The molecule has 0 aromatic heterocycles. The Morgan fingerprint density at radius 2 is 1.66 bits per heavy atom. The van der Waals surface area contributed by atoms with Crippen molar-refractivity contribution in [2.75, 3.05) is 52.1 Å². The fourth-order valence-corrected chi connectivity index (χ4v) is 5.45. The molecule has 3 aromatic carbocycles. The number of aliphatic imine (C=N–C) groups is 1. The van der Waals surface area contributed by atoms with Crippen LogP contribution in [0, 0.1) is 0 Å². The Bertz CT molecular complexity index is 1800. The number of aliphatic hydroxyl groups excluding tert-OH is 4. The molecule has 0 unspecified atom stereocenters. The number of anilines is 1. The molecule has 3 aromatic rings. The Labute approximate surface area is 321 Å². The lowest BCUT2D eigenvalue weighted by Crippen LogP contribution is -2.60. The van der Waals surface area contributed by atoms with Gasteiger partial charge in [0.05, 0.1) is 25.0 Å². The van der Waals surface area contributed by atoms with Crippen molar-refractivity contribution in [3.05, 3.63) is 65.2 Å². The maximum Gasteiger partial charge on any atom is 0.342 e. The number of esters is 1. The van der Waals surface area contributed by atoms with Crippen molar-refractivity contribution >= 4 is 23.6 Å². The van der Waals surface area contributed by atoms with E-state index in [1.807, 2.05) is 30.3 Å². The fraction of sp³-hybridized carbons (Fsp3) is 0.432. The van der Waals surface area contributed by atoms with Crippen LogP contribution in [0.1, 0.15) is 46.0 Å². The molecular weight excluding hydrogens is 740 g/mol. The van der Waals surface area contributed by atoms with Crippen molar-refractivity contribution in [3.8, 4) is 34.5 Å². The maximum absolute atomic E-state index is 13.3. The summed E-state index contributed by atoms with van der Waals surface area (Å²) in [7, 11) is 1.23. The Morgan fingerprint density at radius 3 is 2.34 bits per heavy atom. The van der Waals surface area contributed by atoms with Gasteiger partial charge in [-0.25, -0.2) is 14.6 Å². The van der Waals surface area contributed by atoms with Crippen LogP contribution in [0.4, 0.5) is 5.69 Å². The number of aromatic carboxylic acids is 1. The quantitative estimate of drug-likeness (QED) is 0.0329. The second kappa shape index (κ2) is 20.8. The van der Waals surface area contributed by atoms with Gasteiger partial charge in [-0.1, -0.05) is 30.3 Å². The van der Waals surface area contributed by atoms with Crippen molar-refractivity contribution in [1.29, 1.82) is 0 Å². The molecule has 1 aliphatic rings. The van der Waals surface area contributed by atoms with Crippen molar-refractivity contribution in [2.24, 2.45) is 10.7 Å². The first kappa shape index (κ1) is 43.0. The molecule has 1 saturated heterocycles. The number of hydrogen-bond donors (Lipinski definition) is 10. The largest absolute Gasteiger partial charge is 0.504 e. The standard InChI is InChI=1S/C37H48N4O15/c1-3-39-23-17-25(24(15-21(23)34(48)49)54-19-41-37(38)40-12-7-8-13-42)55-36-32(47)31(46)29(44)27(56-36)18-53-35(50)22-16-26(51-2)30(45)33(28(22)43)52-14-11-20-9-5-4-6-10-20/h4-6,9-10,15-17,27,29,31-32,36,39,42-47H,3,7-8,11-14,18-19H2,1-2H3,(H,48,49)(H3,38,40,41)/t27-,29-,31+,32-,36+/m1/s1. The number of rotatable bonds is 20. The zero-order chi connectivity index (χ0) is 40.8. The average molecular weight is 789 g/mol. The maximum atomic E-state index is 13.3. The summed E-state index contributed by atoms with van der Waals surface area (Å²) in [4.78, 5) is 29.4. The number of ether oxygens (including phenoxy) is 6. The number of carbonyl (C=O) groups is 2. The highest BCUT2D eigenvalue weighted by atomic mass is 16.7. The Balaban J connectivity index is 1.51. The van der Waals surface area contributed by atoms with Crippen LogP contribution in [-0.4, -0.2) is 131 Å². The van der Waals surface area contributed by atoms with Crippen LogP contribution < -0.4 is 35.3 Å². The molecule has 0 spiro atoms. The predicted molar refractivity (Wildman–Crippen MR) is 199 cm³/mol. The number of aromatic hydroxyl groups is 2. The van der Waals surface area contributed by atoms with Gasteiger partial charge in [-0.15, -0.1) is 0 Å². The smallest absolute Gasteiger partial charge is 0.342 e. The van der Waals surface area contributed by atoms with E-state index in [0.717, 1.165) is 17.7 Å². The summed E-state index contributed by atoms with van der Waals surface area (Å²) < 4.78 is 33.4. The van der Waals surface area contributed by atoms with Gasteiger partial charge >= 0.3 is 11.9 Å². The number of phenols is 2. The monoisotopic (exact) mass is 788 g/mol. The first-order valence-electron chi connectivity index (χ1n) is 17.7. The number of nitrogens with zero attached hydrogens (tertiary/aromatic N) is 1. The van der Waals surface area contributed by atoms with Crippen LogP contribution in [0.15, 0.2) is 53.5 Å². The molecule has 1 fully saturated rings. The molecule has 19 nitrogen and oxygen atoms in total. The molecule has 5 atom stereocenters. The van der Waals surface area contributed by atoms with E-state index in [2.05, 4.69) is 15.6 Å². The number of hydrogen-bond acceptors (Lipinski definition) is 16. The second-order valence-corrected chi connectivity index (χ2v) is 12.3. The zero-order valence-corrected chi connectivity index (χ0v) is 30.8. The number of unbranched alkanes of at least 4 members (excludes halogenated alkanes) is 1. The summed E-state index contributed by atoms with van der Waals surface area (Å²) in [5.74, 6) is -4.73. The van der Waals surface area contributed by atoms with E-state index in [0.29, 0.717) is 32.4 Å². The minimum absolute atomic E-state index is 0.0135. The zero-order valence-electron chi connectivity index (χ0n) is 30.8. The highest BCUT2D eigenvalue weighted by Gasteiger charge is 2.46. The van der Waals surface area contributed by atoms with Crippen LogP contribution in [0.2, 0.25) is 0 Å². The summed E-state index contributed by atoms with van der Waals surface area (Å²) >= 11 is 0. The number of carboxylic acid groups (broad SMARTS) is 1. The van der Waals surface area contributed by atoms with E-state index < -0.39 is 78.8 Å². The molecule has 4 rings (SSSR count). The Kier molecular flexibility index (Phi) is 16.0. The fourth-order valence-electron chi connectivity index (χ4n) is 5.45. The van der Waals surface area contributed by atoms with Crippen LogP contribution in [0.5, 0.6) is 34.5 Å². The molecule has 19 heteroatoms. The van der Waals surface area contributed by atoms with Gasteiger partial charge in [-0.3, -0.25) is 0 Å². The van der Waals surface area contributed by atoms with Crippen LogP contribution in [0.3, 0.4) is 0 Å². The minimum atomic E-state index is -1.89. The van der Waals surface area contributed by atoms with Crippen LogP contribution >= 0.6 is 0 Å². The molecule has 1 aliphatic heterocycles. The van der Waals surface area contributed by atoms with Gasteiger partial charge in [0.2, 0.25) is 17.8 Å². The Morgan fingerprint density at radius 1 is 0.929 bits per heavy atom. The summed E-state index contributed by atoms with van der Waals surface area (Å²) in [6.45, 7) is 1.37. The number of nitrogens with one attached hydrogen (secondary N) is 2. The SMILES string of the molecule is CCNc1cc(O[C@H]2O[C@H](COC(=O)c3cc(OC)c(O)c(OCCc4ccccc4)c3O)[C@@H](O)[C@H](O)[C@H]2O)c(OCN=C(N)NCCCCO)cc1C(=O)O. The summed E-state index contributed by atoms with van der Waals surface area (Å²) in [5.41, 5.74) is 6.23. The van der Waals surface area contributed by atoms with Gasteiger partial charge in [0.1, 0.15) is 36.6 Å². The first-order valence-corrected chi connectivity index (χ1v) is 17.7. The number of phenolic OH excluding ortho intramolecular Hbond substituents is 2. The molecule has 306 valence electrons. The number of methoxy groups -OCH3 is 1. The van der Waals surface area contributed by atoms with E-state index in [-0.39, 0.29) is 47.7 Å². The van der Waals surface area contributed by atoms with E-state index in [4.69, 9.17) is 39.3 Å². The highest BCUT2D eigenvalue weighted by Crippen LogP contribution is 2.46. The molecular formula is C37H48N4O15. The third-order valence-corrected chi connectivity index (χ3v) is 8.43. The highest BCUT2D eigenvalue weighted by molar-refractivity contribution is 5.96. The van der Waals surface area contributed by atoms with Gasteiger partial charge in [0.25, 0.3) is 0 Å². The summed E-state index contributed by atoms with van der Waals surface area (Å²) in [5, 5.41) is 78.4. The number of guanidine groups is 1. The Hall–Kier alpha value is -5.73. The molecule has 1 heterocycles. The number of carbonyl (C=O) groups excluding carboxylic acids is 1. The number of aliphatic hydroxyl groups is 4. The molecule has 0 radical (unpaired) electrons. The molecule has 0 bridgehead atoms. The second-order valence-electron chi connectivity index (χ2n) is 12.3. The van der Waals surface area contributed by atoms with Crippen molar-refractivity contribution in [1.82, 2.24) is 5.32 Å². The van der Waals surface area contributed by atoms with Crippen LogP contribution in [-0.2, 0) is 15.9 Å². The van der Waals surface area contributed by atoms with E-state index in [1.165, 1.54) is 13.2 Å². The lowest BCUT2D eigenvalue weighted by Gasteiger charge is -2.40. The predicted octanol–water partition coefficient (Wildman–Crippen LogP) is 0.914. The van der Waals surface area contributed by atoms with Crippen molar-refractivity contribution < 1.29 is 73.8 Å². The number of nitrogens with two attached hydrogens (primary N) is 1. The summed E-state index contributed by atoms with van der Waals surface area (Å²) in [6, 6.07) is 12.7. The summed E-state index contributed by atoms with van der Waals surface area (Å²) in [6.07, 6.45) is -7.22. The number of carboxylic acids is 1. The minimum Gasteiger partial charge on any atom is -0.504 e. The topological polar surface area (TPSA) is 294 Å². The van der Waals surface area contributed by atoms with E-state index in [1.54, 1.807) is 6.92 Å². The van der Waals surface area contributed by atoms with Crippen molar-refractivity contribution in [3.63, 3.8) is 0 Å². The van der Waals surface area contributed by atoms with Gasteiger partial charge in [-0.05, 0) is 25.3 Å². The normalized spacial score (nSPS) is 19.5. The van der Waals surface area contributed by atoms with E-state index >= 15 is 0 Å². The van der Waals surface area contributed by atoms with Gasteiger partial charge in [0.15, 0.2) is 35.7 Å². The lowest BCUT2D eigenvalue weighted by atomic mass is 9.99. The molecule has 0 amide bonds. The van der Waals surface area contributed by atoms with Gasteiger partial charge < -0.3 is 80.5 Å². The molecule has 0 saturated carbocycles. The lowest BCUT2D eigenvalue weighted by molar-refractivity contribution is -0.277. The third kappa shape index (κ3) is 11.2. The number of benzene rings is 3. The first-order chi connectivity index (χ1) is 26.9. The van der Waals surface area contributed by atoms with Gasteiger partial charge in [0, 0.05) is 44.3 Å². The van der Waals surface area contributed by atoms with Gasteiger partial charge in [-0.2, -0.15) is 0 Å². The molecule has 0 aliphatic carbocycles. The molecule has 11 N–H and O–H groups in total. The van der Waals surface area contributed by atoms with Crippen molar-refractivity contribution in [2.45, 2.75) is 56.9 Å². The van der Waals surface area contributed by atoms with Crippen LogP contribution in [0.25, 0.3) is 0 Å².